The number of carbonyl (C=O) groups is 1. The molecule has 1 aromatic carbocycles. The van der Waals surface area contributed by atoms with Crippen LogP contribution in [0.4, 0.5) is 0 Å². The van der Waals surface area contributed by atoms with Gasteiger partial charge in [-0.3, -0.25) is 4.79 Å². The first-order valence-corrected chi connectivity index (χ1v) is 6.93. The van der Waals surface area contributed by atoms with Crippen molar-refractivity contribution in [1.82, 2.24) is 0 Å². The van der Waals surface area contributed by atoms with Gasteiger partial charge in [-0.1, -0.05) is 12.8 Å². The number of ether oxygens (including phenoxy) is 1. The van der Waals surface area contributed by atoms with Gasteiger partial charge in [-0.2, -0.15) is 0 Å². The molecule has 1 spiro atoms. The molecule has 2 aliphatic rings. The topological polar surface area (TPSA) is 26.3 Å². The van der Waals surface area contributed by atoms with Crippen LogP contribution in [-0.4, -0.2) is 12.9 Å². The van der Waals surface area contributed by atoms with Crippen LogP contribution in [0.3, 0.4) is 0 Å². The van der Waals surface area contributed by atoms with E-state index in [1.165, 1.54) is 32.1 Å². The molecule has 0 saturated heterocycles. The fourth-order valence-electron chi connectivity index (χ4n) is 3.43. The van der Waals surface area contributed by atoms with Crippen LogP contribution >= 0.6 is 0 Å². The second-order valence-electron chi connectivity index (χ2n) is 5.75. The molecule has 2 heteroatoms. The minimum absolute atomic E-state index is 0.277. The van der Waals surface area contributed by atoms with Crippen molar-refractivity contribution in [3.8, 4) is 5.75 Å². The predicted octanol–water partition coefficient (Wildman–Crippen LogP) is 3.85. The van der Waals surface area contributed by atoms with Crippen molar-refractivity contribution < 1.29 is 9.53 Å². The third-order valence-electron chi connectivity index (χ3n) is 4.74. The number of Topliss-reactive ketones (excluding diaryl/α,β-unsaturated/α-hetero) is 1. The van der Waals surface area contributed by atoms with Crippen molar-refractivity contribution >= 4 is 5.78 Å². The van der Waals surface area contributed by atoms with Gasteiger partial charge in [0.05, 0.1) is 7.11 Å². The molecule has 3 rings (SSSR count). The van der Waals surface area contributed by atoms with E-state index in [0.29, 0.717) is 11.2 Å². The van der Waals surface area contributed by atoms with Crippen molar-refractivity contribution in [2.45, 2.75) is 38.5 Å². The van der Waals surface area contributed by atoms with Gasteiger partial charge in [0.2, 0.25) is 0 Å². The zero-order valence-electron chi connectivity index (χ0n) is 10.9. The standard InChI is InChI=1S/C16H20O2/c1-18-13-7-5-12(6-8-13)15(17)14-4-2-3-9-16(14)10-11-16/h5-8,14H,2-4,9-11H2,1H3. The zero-order chi connectivity index (χ0) is 12.6. The Morgan fingerprint density at radius 3 is 2.50 bits per heavy atom. The normalized spacial score (nSPS) is 24.8. The highest BCUT2D eigenvalue weighted by Gasteiger charge is 2.52. The lowest BCUT2D eigenvalue weighted by Crippen LogP contribution is -2.28. The molecule has 0 heterocycles. The number of methoxy groups -OCH3 is 1. The summed E-state index contributed by atoms with van der Waals surface area (Å²) in [5, 5.41) is 0. The minimum Gasteiger partial charge on any atom is -0.497 e. The third kappa shape index (κ3) is 1.94. The lowest BCUT2D eigenvalue weighted by atomic mass is 9.73. The Balaban J connectivity index is 1.80. The highest BCUT2D eigenvalue weighted by atomic mass is 16.5. The molecular weight excluding hydrogens is 224 g/mol. The summed E-state index contributed by atoms with van der Waals surface area (Å²) in [7, 11) is 1.65. The van der Waals surface area contributed by atoms with Gasteiger partial charge < -0.3 is 4.74 Å². The van der Waals surface area contributed by atoms with Crippen molar-refractivity contribution in [2.75, 3.05) is 7.11 Å². The Labute approximate surface area is 108 Å². The molecule has 0 N–H and O–H groups in total. The molecule has 0 aliphatic heterocycles. The minimum atomic E-state index is 0.277. The fraction of sp³-hybridized carbons (Fsp3) is 0.562. The molecule has 2 aliphatic carbocycles. The lowest BCUT2D eigenvalue weighted by molar-refractivity contribution is 0.0799. The van der Waals surface area contributed by atoms with Gasteiger partial charge in [0.25, 0.3) is 0 Å². The van der Waals surface area contributed by atoms with Gasteiger partial charge in [0, 0.05) is 11.5 Å². The number of hydrogen-bond acceptors (Lipinski definition) is 2. The quantitative estimate of drug-likeness (QED) is 0.755. The summed E-state index contributed by atoms with van der Waals surface area (Å²) in [6, 6.07) is 7.59. The van der Waals surface area contributed by atoms with E-state index in [1.54, 1.807) is 7.11 Å². The number of rotatable bonds is 3. The molecule has 1 atom stereocenters. The molecule has 2 fully saturated rings. The van der Waals surface area contributed by atoms with Gasteiger partial charge in [0.15, 0.2) is 5.78 Å². The highest BCUT2D eigenvalue weighted by Crippen LogP contribution is 2.60. The number of ketones is 1. The molecule has 1 unspecified atom stereocenters. The van der Waals surface area contributed by atoms with Gasteiger partial charge >= 0.3 is 0 Å². The van der Waals surface area contributed by atoms with E-state index >= 15 is 0 Å². The van der Waals surface area contributed by atoms with E-state index in [4.69, 9.17) is 4.74 Å². The first-order valence-electron chi connectivity index (χ1n) is 6.93. The maximum atomic E-state index is 12.6. The maximum Gasteiger partial charge on any atom is 0.166 e. The summed E-state index contributed by atoms with van der Waals surface area (Å²) >= 11 is 0. The summed E-state index contributed by atoms with van der Waals surface area (Å²) in [5.41, 5.74) is 1.24. The summed E-state index contributed by atoms with van der Waals surface area (Å²) in [4.78, 5) is 12.6. The first kappa shape index (κ1) is 11.8. The van der Waals surface area contributed by atoms with Crippen LogP contribution in [0.25, 0.3) is 0 Å². The van der Waals surface area contributed by atoms with E-state index in [2.05, 4.69) is 0 Å². The van der Waals surface area contributed by atoms with E-state index in [-0.39, 0.29) is 5.92 Å². The van der Waals surface area contributed by atoms with Crippen LogP contribution < -0.4 is 4.74 Å². The van der Waals surface area contributed by atoms with Crippen LogP contribution in [0.5, 0.6) is 5.75 Å². The number of hydrogen-bond donors (Lipinski definition) is 0. The monoisotopic (exact) mass is 244 g/mol. The Morgan fingerprint density at radius 2 is 1.89 bits per heavy atom. The zero-order valence-corrected chi connectivity index (χ0v) is 10.9. The lowest BCUT2D eigenvalue weighted by Gasteiger charge is -2.30. The summed E-state index contributed by atoms with van der Waals surface area (Å²) < 4.78 is 5.14. The summed E-state index contributed by atoms with van der Waals surface area (Å²) in [6.07, 6.45) is 7.41. The molecule has 18 heavy (non-hydrogen) atoms. The Bertz CT molecular complexity index is 443. The second-order valence-corrected chi connectivity index (χ2v) is 5.75. The molecule has 0 amide bonds. The van der Waals surface area contributed by atoms with Crippen molar-refractivity contribution in [3.05, 3.63) is 29.8 Å². The van der Waals surface area contributed by atoms with Crippen molar-refractivity contribution in [1.29, 1.82) is 0 Å². The highest BCUT2D eigenvalue weighted by molar-refractivity contribution is 5.98. The van der Waals surface area contributed by atoms with Crippen LogP contribution in [0.2, 0.25) is 0 Å². The largest absolute Gasteiger partial charge is 0.497 e. The average Bonchev–Trinajstić information content (AvgIpc) is 3.19. The SMILES string of the molecule is COc1ccc(C(=O)C2CCCCC23CC3)cc1. The van der Waals surface area contributed by atoms with Crippen LogP contribution in [-0.2, 0) is 0 Å². The molecule has 2 saturated carbocycles. The molecule has 0 radical (unpaired) electrons. The van der Waals surface area contributed by atoms with Crippen LogP contribution in [0.15, 0.2) is 24.3 Å². The third-order valence-corrected chi connectivity index (χ3v) is 4.74. The van der Waals surface area contributed by atoms with E-state index in [0.717, 1.165) is 17.7 Å². The van der Waals surface area contributed by atoms with E-state index < -0.39 is 0 Å². The molecule has 2 nitrogen and oxygen atoms in total. The van der Waals surface area contributed by atoms with Crippen molar-refractivity contribution in [2.24, 2.45) is 11.3 Å². The second kappa shape index (κ2) is 4.42. The number of benzene rings is 1. The first-order chi connectivity index (χ1) is 8.75. The Morgan fingerprint density at radius 1 is 1.17 bits per heavy atom. The Kier molecular flexibility index (Phi) is 2.89. The molecule has 1 aromatic rings. The van der Waals surface area contributed by atoms with Crippen LogP contribution in [0, 0.1) is 11.3 Å². The molecule has 96 valence electrons. The Hall–Kier alpha value is -1.31. The fourth-order valence-corrected chi connectivity index (χ4v) is 3.43. The maximum absolute atomic E-state index is 12.6. The molecule has 0 aromatic heterocycles. The summed E-state index contributed by atoms with van der Waals surface area (Å²) in [5.74, 6) is 1.45. The van der Waals surface area contributed by atoms with Crippen molar-refractivity contribution in [3.63, 3.8) is 0 Å². The van der Waals surface area contributed by atoms with Gasteiger partial charge in [-0.05, 0) is 55.4 Å². The van der Waals surface area contributed by atoms with Gasteiger partial charge in [-0.15, -0.1) is 0 Å². The van der Waals surface area contributed by atoms with Crippen LogP contribution in [0.1, 0.15) is 48.9 Å². The van der Waals surface area contributed by atoms with Gasteiger partial charge in [-0.25, -0.2) is 0 Å². The predicted molar refractivity (Wildman–Crippen MR) is 70.9 cm³/mol. The van der Waals surface area contributed by atoms with E-state index in [1.807, 2.05) is 24.3 Å². The molecule has 0 bridgehead atoms. The average molecular weight is 244 g/mol. The summed E-state index contributed by atoms with van der Waals surface area (Å²) in [6.45, 7) is 0. The smallest absolute Gasteiger partial charge is 0.166 e. The molecular formula is C16H20O2. The van der Waals surface area contributed by atoms with E-state index in [9.17, 15) is 4.79 Å². The van der Waals surface area contributed by atoms with Gasteiger partial charge in [0.1, 0.15) is 5.75 Å². The number of carbonyl (C=O) groups excluding carboxylic acids is 1.